The van der Waals surface area contributed by atoms with Gasteiger partial charge in [-0.25, -0.2) is 4.89 Å². The lowest BCUT2D eigenvalue weighted by molar-refractivity contribution is -0.316. The Morgan fingerprint density at radius 3 is 1.79 bits per heavy atom. The van der Waals surface area contributed by atoms with Crippen LogP contribution in [0.5, 0.6) is 0 Å². The monoisotopic (exact) mass is 344 g/mol. The van der Waals surface area contributed by atoms with E-state index in [1.54, 1.807) is 0 Å². The quantitative estimate of drug-likeness (QED) is 0.274. The van der Waals surface area contributed by atoms with Crippen LogP contribution in [0.4, 0.5) is 0 Å². The van der Waals surface area contributed by atoms with Gasteiger partial charge >= 0.3 is 5.97 Å². The Labute approximate surface area is 148 Å². The zero-order valence-corrected chi connectivity index (χ0v) is 16.9. The van der Waals surface area contributed by atoms with Gasteiger partial charge in [-0.1, -0.05) is 80.6 Å². The lowest BCUT2D eigenvalue weighted by Gasteiger charge is -2.43. The van der Waals surface area contributed by atoms with Crippen molar-refractivity contribution in [3.63, 3.8) is 0 Å². The predicted octanol–water partition coefficient (Wildman–Crippen LogP) is 6.00. The van der Waals surface area contributed by atoms with E-state index in [0.717, 1.165) is 12.8 Å². The average Bonchev–Trinajstić information content (AvgIpc) is 2.41. The molecule has 3 atom stereocenters. The number of aliphatic carboxylic acids is 1. The zero-order chi connectivity index (χ0) is 19.0. The molecule has 0 aromatic rings. The molecule has 0 rings (SSSR count). The van der Waals surface area contributed by atoms with Crippen LogP contribution in [0.25, 0.3) is 0 Å². The third-order valence-electron chi connectivity index (χ3n) is 5.15. The van der Waals surface area contributed by atoms with Crippen molar-refractivity contribution < 1.29 is 20.0 Å². The lowest BCUT2D eigenvalue weighted by Crippen LogP contribution is -2.44. The fraction of sp³-hybridized carbons (Fsp3) is 0.950. The van der Waals surface area contributed by atoms with Crippen molar-refractivity contribution >= 4 is 5.97 Å². The van der Waals surface area contributed by atoms with E-state index < -0.39 is 12.1 Å². The molecule has 0 fully saturated rings. The predicted molar refractivity (Wildman–Crippen MR) is 99.0 cm³/mol. The van der Waals surface area contributed by atoms with Crippen LogP contribution in [0, 0.1) is 22.7 Å². The maximum Gasteiger partial charge on any atom is 0.303 e. The molecule has 0 saturated heterocycles. The van der Waals surface area contributed by atoms with Gasteiger partial charge in [0.05, 0.1) is 12.5 Å². The Morgan fingerprint density at radius 1 is 0.917 bits per heavy atom. The summed E-state index contributed by atoms with van der Waals surface area (Å²) in [5, 5.41) is 19.0. The van der Waals surface area contributed by atoms with Crippen LogP contribution < -0.4 is 0 Å². The molecule has 0 spiro atoms. The fourth-order valence-corrected chi connectivity index (χ4v) is 3.59. The molecular formula is C20H40O4. The van der Waals surface area contributed by atoms with Gasteiger partial charge in [0.15, 0.2) is 0 Å². The van der Waals surface area contributed by atoms with Crippen molar-refractivity contribution in [1.29, 1.82) is 0 Å². The highest BCUT2D eigenvalue weighted by Crippen LogP contribution is 2.43. The van der Waals surface area contributed by atoms with Crippen LogP contribution >= 0.6 is 0 Å². The summed E-state index contributed by atoms with van der Waals surface area (Å²) >= 11 is 0. The van der Waals surface area contributed by atoms with Crippen LogP contribution in [-0.4, -0.2) is 22.4 Å². The molecule has 0 aliphatic carbocycles. The van der Waals surface area contributed by atoms with Crippen molar-refractivity contribution in [2.75, 3.05) is 0 Å². The van der Waals surface area contributed by atoms with E-state index in [4.69, 9.17) is 4.89 Å². The topological polar surface area (TPSA) is 66.8 Å². The van der Waals surface area contributed by atoms with Crippen molar-refractivity contribution in [3.05, 3.63) is 0 Å². The number of carboxylic acids is 1. The van der Waals surface area contributed by atoms with E-state index in [0.29, 0.717) is 0 Å². The molecule has 0 aliphatic rings. The molecule has 144 valence electrons. The summed E-state index contributed by atoms with van der Waals surface area (Å²) in [7, 11) is 0. The third kappa shape index (κ3) is 8.48. The summed E-state index contributed by atoms with van der Waals surface area (Å²) < 4.78 is 0. The Hall–Kier alpha value is -0.610. The fourth-order valence-electron chi connectivity index (χ4n) is 3.59. The van der Waals surface area contributed by atoms with Gasteiger partial charge in [0.2, 0.25) is 0 Å². The highest BCUT2D eigenvalue weighted by molar-refractivity contribution is 5.67. The van der Waals surface area contributed by atoms with Crippen molar-refractivity contribution in [3.8, 4) is 0 Å². The van der Waals surface area contributed by atoms with Gasteiger partial charge in [-0.3, -0.25) is 10.1 Å². The summed E-state index contributed by atoms with van der Waals surface area (Å²) in [5.74, 6) is -0.958. The summed E-state index contributed by atoms with van der Waals surface area (Å²) in [5.41, 5.74) is -0.308. The van der Waals surface area contributed by atoms with Gasteiger partial charge < -0.3 is 5.11 Å². The maximum atomic E-state index is 11.3. The smallest absolute Gasteiger partial charge is 0.303 e. The highest BCUT2D eigenvalue weighted by Gasteiger charge is 2.43. The largest absolute Gasteiger partial charge is 0.481 e. The van der Waals surface area contributed by atoms with Crippen LogP contribution in [0.15, 0.2) is 0 Å². The number of unbranched alkanes of at least 4 members (excludes halogenated alkanes) is 4. The first-order valence-electron chi connectivity index (χ1n) is 9.47. The van der Waals surface area contributed by atoms with E-state index in [2.05, 4.69) is 27.7 Å². The van der Waals surface area contributed by atoms with E-state index in [1.165, 1.54) is 25.7 Å². The Kier molecular flexibility index (Phi) is 10.1. The first kappa shape index (κ1) is 23.4. The minimum atomic E-state index is -0.840. The lowest BCUT2D eigenvalue weighted by atomic mass is 9.65. The van der Waals surface area contributed by atoms with Gasteiger partial charge in [-0.2, -0.15) is 0 Å². The van der Waals surface area contributed by atoms with E-state index in [1.807, 2.05) is 20.8 Å². The molecule has 0 saturated carbocycles. The SMILES string of the molecule is CCCCCCCC(C(OO)C(CC(=O)O)C(C)(C)C)C(C)(C)C. The molecule has 0 radical (unpaired) electrons. The molecule has 0 aromatic heterocycles. The number of carboxylic acid groups (broad SMARTS) is 1. The number of hydrogen-bond donors (Lipinski definition) is 2. The molecule has 4 nitrogen and oxygen atoms in total. The van der Waals surface area contributed by atoms with Gasteiger partial charge in [-0.15, -0.1) is 0 Å². The summed E-state index contributed by atoms with van der Waals surface area (Å²) in [6.07, 6.45) is 6.47. The molecule has 3 unspecified atom stereocenters. The Morgan fingerprint density at radius 2 is 1.42 bits per heavy atom. The number of rotatable bonds is 11. The van der Waals surface area contributed by atoms with Gasteiger partial charge in [0.1, 0.15) is 0 Å². The number of carbonyl (C=O) groups is 1. The van der Waals surface area contributed by atoms with Crippen LogP contribution in [0.2, 0.25) is 0 Å². The third-order valence-corrected chi connectivity index (χ3v) is 5.15. The van der Waals surface area contributed by atoms with Crippen molar-refractivity contribution in [1.82, 2.24) is 0 Å². The molecule has 24 heavy (non-hydrogen) atoms. The summed E-state index contributed by atoms with van der Waals surface area (Å²) in [6.45, 7) is 14.7. The first-order valence-corrected chi connectivity index (χ1v) is 9.47. The second kappa shape index (κ2) is 10.4. The molecule has 2 N–H and O–H groups in total. The summed E-state index contributed by atoms with van der Waals surface area (Å²) in [4.78, 5) is 16.3. The van der Waals surface area contributed by atoms with Crippen LogP contribution in [0.1, 0.15) is 93.4 Å². The van der Waals surface area contributed by atoms with Crippen LogP contribution in [0.3, 0.4) is 0 Å². The highest BCUT2D eigenvalue weighted by atomic mass is 17.1. The molecular weight excluding hydrogens is 304 g/mol. The van der Waals surface area contributed by atoms with E-state index in [9.17, 15) is 15.2 Å². The molecule has 0 bridgehead atoms. The van der Waals surface area contributed by atoms with E-state index >= 15 is 0 Å². The average molecular weight is 345 g/mol. The maximum absolute atomic E-state index is 11.3. The number of hydrogen-bond acceptors (Lipinski definition) is 3. The Balaban J connectivity index is 5.24. The zero-order valence-electron chi connectivity index (χ0n) is 16.9. The molecule has 0 aliphatic heterocycles. The summed E-state index contributed by atoms with van der Waals surface area (Å²) in [6, 6.07) is 0. The second-order valence-corrected chi connectivity index (χ2v) is 9.32. The van der Waals surface area contributed by atoms with Crippen molar-refractivity contribution in [2.45, 2.75) is 99.5 Å². The normalized spacial score (nSPS) is 16.7. The second-order valence-electron chi connectivity index (χ2n) is 9.32. The van der Waals surface area contributed by atoms with Gasteiger partial charge in [0.25, 0.3) is 0 Å². The molecule has 4 heteroatoms. The molecule has 0 heterocycles. The molecule has 0 amide bonds. The minimum Gasteiger partial charge on any atom is -0.481 e. The van der Waals surface area contributed by atoms with E-state index in [-0.39, 0.29) is 29.1 Å². The van der Waals surface area contributed by atoms with Gasteiger partial charge in [-0.05, 0) is 23.2 Å². The minimum absolute atomic E-state index is 0.0111. The van der Waals surface area contributed by atoms with Crippen molar-refractivity contribution in [2.24, 2.45) is 22.7 Å². The molecule has 0 aromatic carbocycles. The van der Waals surface area contributed by atoms with Gasteiger partial charge in [0, 0.05) is 5.92 Å². The first-order chi connectivity index (χ1) is 10.9. The van der Waals surface area contributed by atoms with Crippen LogP contribution in [-0.2, 0) is 9.68 Å². The standard InChI is InChI=1S/C20H40O4/c1-8-9-10-11-12-13-15(19(2,3)4)18(24-23)16(14-17(21)22)20(5,6)7/h15-16,18,23H,8-14H2,1-7H3,(H,21,22). The Bertz CT molecular complexity index is 352.